The molecule has 1 heterocycles. The number of nitrogens with zero attached hydrogens (tertiary/aromatic N) is 1. The van der Waals surface area contributed by atoms with Crippen molar-refractivity contribution in [3.8, 4) is 11.6 Å². The van der Waals surface area contributed by atoms with Crippen LogP contribution in [0.3, 0.4) is 0 Å². The molecule has 2 rings (SSSR count). The van der Waals surface area contributed by atoms with Gasteiger partial charge in [-0.05, 0) is 42.8 Å². The van der Waals surface area contributed by atoms with E-state index in [4.69, 9.17) is 10.5 Å². The molecular formula is C15H14FN3O2. The van der Waals surface area contributed by atoms with Gasteiger partial charge in [0.15, 0.2) is 5.83 Å². The molecule has 0 spiro atoms. The molecule has 1 aromatic heterocycles. The summed E-state index contributed by atoms with van der Waals surface area (Å²) in [6, 6.07) is 8.11. The van der Waals surface area contributed by atoms with Gasteiger partial charge < -0.3 is 15.8 Å². The number of amides is 1. The van der Waals surface area contributed by atoms with Crippen molar-refractivity contribution in [2.45, 2.75) is 6.92 Å². The number of carbonyl (C=O) groups is 1. The first-order valence-electron chi connectivity index (χ1n) is 6.11. The fourth-order valence-electron chi connectivity index (χ4n) is 1.58. The van der Waals surface area contributed by atoms with Crippen LogP contribution in [-0.2, 0) is 4.79 Å². The Morgan fingerprint density at radius 3 is 2.62 bits per heavy atom. The maximum atomic E-state index is 12.6. The molecular weight excluding hydrogens is 273 g/mol. The average molecular weight is 287 g/mol. The number of nitrogen functional groups attached to an aromatic ring is 1. The highest BCUT2D eigenvalue weighted by molar-refractivity contribution is 6.01. The molecule has 5 nitrogen and oxygen atoms in total. The Morgan fingerprint density at radius 1 is 1.38 bits per heavy atom. The zero-order valence-electron chi connectivity index (χ0n) is 11.4. The number of aromatic nitrogens is 1. The highest BCUT2D eigenvalue weighted by Gasteiger charge is 2.07. The maximum Gasteiger partial charge on any atom is 0.283 e. The number of rotatable bonds is 4. The lowest BCUT2D eigenvalue weighted by atomic mass is 10.3. The topological polar surface area (TPSA) is 77.2 Å². The fraction of sp³-hybridized carbons (Fsp3) is 0.0667. The van der Waals surface area contributed by atoms with E-state index in [2.05, 4.69) is 16.9 Å². The van der Waals surface area contributed by atoms with E-state index in [1.165, 1.54) is 0 Å². The van der Waals surface area contributed by atoms with E-state index in [0.717, 1.165) is 5.56 Å². The zero-order chi connectivity index (χ0) is 15.4. The van der Waals surface area contributed by atoms with Crippen LogP contribution in [0.2, 0.25) is 0 Å². The Morgan fingerprint density at radius 2 is 2.05 bits per heavy atom. The van der Waals surface area contributed by atoms with E-state index in [1.807, 2.05) is 6.92 Å². The van der Waals surface area contributed by atoms with Crippen LogP contribution in [0.1, 0.15) is 5.56 Å². The highest BCUT2D eigenvalue weighted by atomic mass is 19.1. The van der Waals surface area contributed by atoms with Crippen LogP contribution in [0.25, 0.3) is 0 Å². The van der Waals surface area contributed by atoms with Gasteiger partial charge in [0.2, 0.25) is 5.88 Å². The third kappa shape index (κ3) is 3.79. The Hall–Kier alpha value is -2.89. The van der Waals surface area contributed by atoms with Crippen molar-refractivity contribution in [3.63, 3.8) is 0 Å². The molecule has 0 fully saturated rings. The number of benzene rings is 1. The molecule has 0 atom stereocenters. The minimum absolute atomic E-state index is 0.300. The summed E-state index contributed by atoms with van der Waals surface area (Å²) in [6.45, 7) is 4.79. The van der Waals surface area contributed by atoms with Gasteiger partial charge in [-0.15, -0.1) is 0 Å². The molecule has 0 aliphatic carbocycles. The molecule has 0 bridgehead atoms. The molecule has 108 valence electrons. The lowest BCUT2D eigenvalue weighted by Crippen LogP contribution is -2.10. The van der Waals surface area contributed by atoms with Crippen LogP contribution in [0, 0.1) is 6.92 Å². The predicted octanol–water partition coefficient (Wildman–Crippen LogP) is 3.19. The lowest BCUT2D eigenvalue weighted by Gasteiger charge is -2.09. The second-order valence-electron chi connectivity index (χ2n) is 4.39. The lowest BCUT2D eigenvalue weighted by molar-refractivity contribution is -0.114. The number of carbonyl (C=O) groups excluding carboxylic acids is 1. The smallest absolute Gasteiger partial charge is 0.283 e. The third-order valence-electron chi connectivity index (χ3n) is 2.59. The summed E-state index contributed by atoms with van der Waals surface area (Å²) in [5.74, 6) is -1.13. The van der Waals surface area contributed by atoms with Crippen LogP contribution in [0.5, 0.6) is 11.6 Å². The van der Waals surface area contributed by atoms with Gasteiger partial charge in [-0.2, -0.15) is 0 Å². The number of ether oxygens (including phenoxy) is 1. The molecule has 0 unspecified atom stereocenters. The van der Waals surface area contributed by atoms with Gasteiger partial charge in [-0.1, -0.05) is 6.58 Å². The summed E-state index contributed by atoms with van der Waals surface area (Å²) in [6.07, 6.45) is 1.65. The monoisotopic (exact) mass is 287 g/mol. The Bertz CT molecular complexity index is 684. The van der Waals surface area contributed by atoms with Gasteiger partial charge in [0.05, 0.1) is 5.69 Å². The van der Waals surface area contributed by atoms with Crippen LogP contribution in [0.15, 0.2) is 48.9 Å². The second-order valence-corrected chi connectivity index (χ2v) is 4.39. The summed E-state index contributed by atoms with van der Waals surface area (Å²) in [5, 5.41) is 2.34. The Balaban J connectivity index is 2.09. The van der Waals surface area contributed by atoms with Crippen LogP contribution in [0.4, 0.5) is 15.8 Å². The summed E-state index contributed by atoms with van der Waals surface area (Å²) < 4.78 is 18.1. The summed E-state index contributed by atoms with van der Waals surface area (Å²) >= 11 is 0. The van der Waals surface area contributed by atoms with Gasteiger partial charge in [0, 0.05) is 11.9 Å². The maximum absolute atomic E-state index is 12.6. The highest BCUT2D eigenvalue weighted by Crippen LogP contribution is 2.26. The number of nitrogens with two attached hydrogens (primary N) is 1. The van der Waals surface area contributed by atoms with Crippen LogP contribution in [-0.4, -0.2) is 10.9 Å². The summed E-state index contributed by atoms with van der Waals surface area (Å²) in [5.41, 5.74) is 7.60. The Labute approximate surface area is 121 Å². The molecule has 21 heavy (non-hydrogen) atoms. The van der Waals surface area contributed by atoms with Crippen molar-refractivity contribution in [2.24, 2.45) is 0 Å². The quantitative estimate of drug-likeness (QED) is 0.847. The van der Waals surface area contributed by atoms with Crippen molar-refractivity contribution in [3.05, 3.63) is 54.5 Å². The van der Waals surface area contributed by atoms with Gasteiger partial charge in [0.1, 0.15) is 5.75 Å². The molecule has 0 aliphatic heterocycles. The van der Waals surface area contributed by atoms with Crippen molar-refractivity contribution in [1.29, 1.82) is 0 Å². The minimum atomic E-state index is -1.05. The number of hydrogen-bond acceptors (Lipinski definition) is 4. The molecule has 2 aromatic rings. The van der Waals surface area contributed by atoms with Gasteiger partial charge in [-0.3, -0.25) is 4.79 Å². The van der Waals surface area contributed by atoms with E-state index in [1.54, 1.807) is 36.5 Å². The molecule has 1 aromatic carbocycles. The molecule has 1 amide bonds. The SMILES string of the molecule is C=C(F)C(=O)Nc1ccc(Oc2ncc(C)cc2N)cc1. The van der Waals surface area contributed by atoms with E-state index in [0.29, 0.717) is 23.0 Å². The first-order chi connectivity index (χ1) is 9.95. The molecule has 0 saturated carbocycles. The third-order valence-corrected chi connectivity index (χ3v) is 2.59. The normalized spacial score (nSPS) is 10.0. The number of hydrogen-bond donors (Lipinski definition) is 2. The van der Waals surface area contributed by atoms with E-state index in [-0.39, 0.29) is 0 Å². The standard InChI is InChI=1S/C15H14FN3O2/c1-9-7-13(17)15(18-8-9)21-12-5-3-11(4-6-12)19-14(20)10(2)16/h3-8H,2,17H2,1H3,(H,19,20). The largest absolute Gasteiger partial charge is 0.437 e. The minimum Gasteiger partial charge on any atom is -0.437 e. The van der Waals surface area contributed by atoms with Gasteiger partial charge in [-0.25, -0.2) is 9.37 Å². The summed E-state index contributed by atoms with van der Waals surface area (Å²) in [7, 11) is 0. The number of halogens is 1. The van der Waals surface area contributed by atoms with Crippen molar-refractivity contribution >= 4 is 17.3 Å². The molecule has 0 saturated heterocycles. The molecule has 6 heteroatoms. The average Bonchev–Trinajstić information content (AvgIpc) is 2.43. The molecule has 0 aliphatic rings. The van der Waals surface area contributed by atoms with Crippen molar-refractivity contribution in [2.75, 3.05) is 11.1 Å². The molecule has 0 radical (unpaired) electrons. The van der Waals surface area contributed by atoms with E-state index >= 15 is 0 Å². The second kappa shape index (κ2) is 6.04. The first-order valence-corrected chi connectivity index (χ1v) is 6.11. The number of pyridine rings is 1. The first kappa shape index (κ1) is 14.5. The predicted molar refractivity (Wildman–Crippen MR) is 78.8 cm³/mol. The van der Waals surface area contributed by atoms with Crippen LogP contribution >= 0.6 is 0 Å². The Kier molecular flexibility index (Phi) is 4.18. The van der Waals surface area contributed by atoms with Crippen molar-refractivity contribution < 1.29 is 13.9 Å². The number of nitrogens with one attached hydrogen (secondary N) is 1. The van der Waals surface area contributed by atoms with Gasteiger partial charge in [0.25, 0.3) is 5.91 Å². The van der Waals surface area contributed by atoms with E-state index in [9.17, 15) is 9.18 Å². The number of anilines is 2. The van der Waals surface area contributed by atoms with Gasteiger partial charge >= 0.3 is 0 Å². The van der Waals surface area contributed by atoms with E-state index < -0.39 is 11.7 Å². The summed E-state index contributed by atoms with van der Waals surface area (Å²) in [4.78, 5) is 15.2. The fourth-order valence-corrected chi connectivity index (χ4v) is 1.58. The number of aryl methyl sites for hydroxylation is 1. The zero-order valence-corrected chi connectivity index (χ0v) is 11.4. The van der Waals surface area contributed by atoms with Crippen LogP contribution < -0.4 is 15.8 Å². The van der Waals surface area contributed by atoms with Crippen molar-refractivity contribution in [1.82, 2.24) is 4.98 Å². The molecule has 3 N–H and O–H groups in total.